The number of carbonyl (C=O) groups is 2. The summed E-state index contributed by atoms with van der Waals surface area (Å²) in [5.74, 6) is -0.205. The van der Waals surface area contributed by atoms with Crippen molar-refractivity contribution in [1.29, 1.82) is 0 Å². The number of aromatic carboxylic acids is 1. The van der Waals surface area contributed by atoms with Gasteiger partial charge in [0.1, 0.15) is 11.5 Å². The maximum atomic E-state index is 12.9. The Morgan fingerprint density at radius 1 is 1.03 bits per heavy atom. The lowest BCUT2D eigenvalue weighted by Crippen LogP contribution is -2.21. The number of nitrogens with zero attached hydrogens (tertiary/aromatic N) is 2. The number of benzene rings is 2. The number of hydrogen-bond acceptors (Lipinski definition) is 4. The standard InChI is InChI=1S/C24H20N2O4/c1-14-7-8-19(11-15(14)2)26-23(27)21(16(3)25-26)13-20-9-10-22(30-20)17-5-4-6-18(12-17)24(28)29/h4-13H,1-3H3,(H,28,29). The topological polar surface area (TPSA) is 83.1 Å². The zero-order valence-corrected chi connectivity index (χ0v) is 16.8. The lowest BCUT2D eigenvalue weighted by atomic mass is 10.1. The van der Waals surface area contributed by atoms with E-state index in [1.165, 1.54) is 11.1 Å². The third-order valence-corrected chi connectivity index (χ3v) is 5.11. The van der Waals surface area contributed by atoms with Crippen LogP contribution in [0.1, 0.15) is 34.2 Å². The molecule has 0 saturated carbocycles. The van der Waals surface area contributed by atoms with Gasteiger partial charge in [-0.15, -0.1) is 0 Å². The van der Waals surface area contributed by atoms with Gasteiger partial charge in [-0.05, 0) is 74.4 Å². The first-order valence-electron chi connectivity index (χ1n) is 9.46. The zero-order valence-electron chi connectivity index (χ0n) is 16.8. The first-order valence-corrected chi connectivity index (χ1v) is 9.46. The van der Waals surface area contributed by atoms with Crippen molar-refractivity contribution in [2.75, 3.05) is 5.01 Å². The van der Waals surface area contributed by atoms with E-state index in [4.69, 9.17) is 9.52 Å². The molecule has 1 aliphatic heterocycles. The van der Waals surface area contributed by atoms with Crippen LogP contribution in [-0.4, -0.2) is 22.7 Å². The molecule has 0 saturated heterocycles. The third kappa shape index (κ3) is 3.55. The largest absolute Gasteiger partial charge is 0.478 e. The van der Waals surface area contributed by atoms with Crippen LogP contribution in [0.15, 0.2) is 69.7 Å². The summed E-state index contributed by atoms with van der Waals surface area (Å²) in [6.07, 6.45) is 1.66. The summed E-state index contributed by atoms with van der Waals surface area (Å²) in [5.41, 5.74) is 4.84. The fourth-order valence-corrected chi connectivity index (χ4v) is 3.25. The molecule has 2 heterocycles. The molecule has 2 aromatic carbocycles. The normalized spacial score (nSPS) is 15.0. The molecular formula is C24H20N2O4. The van der Waals surface area contributed by atoms with Gasteiger partial charge in [0.05, 0.1) is 22.5 Å². The summed E-state index contributed by atoms with van der Waals surface area (Å²) in [5, 5.41) is 15.0. The Bertz CT molecular complexity index is 1230. The summed E-state index contributed by atoms with van der Waals surface area (Å²) in [7, 11) is 0. The van der Waals surface area contributed by atoms with Gasteiger partial charge in [0.2, 0.25) is 0 Å². The van der Waals surface area contributed by atoms with Crippen LogP contribution in [0.25, 0.3) is 17.4 Å². The molecule has 0 unspecified atom stereocenters. The van der Waals surface area contributed by atoms with Gasteiger partial charge in [-0.2, -0.15) is 10.1 Å². The highest BCUT2D eigenvalue weighted by Gasteiger charge is 2.29. The average molecular weight is 400 g/mol. The second kappa shape index (κ2) is 7.48. The Kier molecular flexibility index (Phi) is 4.83. The Balaban J connectivity index is 1.62. The third-order valence-electron chi connectivity index (χ3n) is 5.11. The number of aryl methyl sites for hydroxylation is 2. The number of hydrogen-bond donors (Lipinski definition) is 1. The Labute approximate surface area is 173 Å². The Hall–Kier alpha value is -3.93. The quantitative estimate of drug-likeness (QED) is 0.620. The number of carboxylic acids is 1. The van der Waals surface area contributed by atoms with Crippen LogP contribution < -0.4 is 5.01 Å². The highest BCUT2D eigenvalue weighted by Crippen LogP contribution is 2.28. The maximum Gasteiger partial charge on any atom is 0.335 e. The van der Waals surface area contributed by atoms with E-state index in [0.29, 0.717) is 28.4 Å². The number of carbonyl (C=O) groups excluding carboxylic acids is 1. The Morgan fingerprint density at radius 2 is 1.83 bits per heavy atom. The van der Waals surface area contributed by atoms with Gasteiger partial charge in [0.15, 0.2) is 0 Å². The summed E-state index contributed by atoms with van der Waals surface area (Å²) in [6.45, 7) is 5.80. The van der Waals surface area contributed by atoms with Gasteiger partial charge >= 0.3 is 5.97 Å². The highest BCUT2D eigenvalue weighted by atomic mass is 16.4. The van der Waals surface area contributed by atoms with Gasteiger partial charge in [-0.25, -0.2) is 4.79 Å². The van der Waals surface area contributed by atoms with Crippen molar-refractivity contribution in [1.82, 2.24) is 0 Å². The fourth-order valence-electron chi connectivity index (χ4n) is 3.25. The molecule has 3 aromatic rings. The van der Waals surface area contributed by atoms with Gasteiger partial charge in [-0.3, -0.25) is 4.79 Å². The molecule has 1 amide bonds. The second-order valence-electron chi connectivity index (χ2n) is 7.22. The molecule has 0 fully saturated rings. The lowest BCUT2D eigenvalue weighted by Gasteiger charge is -2.13. The molecule has 6 heteroatoms. The van der Waals surface area contributed by atoms with Gasteiger partial charge in [0, 0.05) is 5.56 Å². The molecule has 6 nitrogen and oxygen atoms in total. The minimum absolute atomic E-state index is 0.182. The first-order chi connectivity index (χ1) is 14.3. The smallest absolute Gasteiger partial charge is 0.335 e. The molecule has 0 radical (unpaired) electrons. The van der Waals surface area contributed by atoms with Crippen molar-refractivity contribution in [2.45, 2.75) is 20.8 Å². The number of hydrazone groups is 1. The molecule has 150 valence electrons. The summed E-state index contributed by atoms with van der Waals surface area (Å²) < 4.78 is 5.84. The van der Waals surface area contributed by atoms with Crippen molar-refractivity contribution in [2.24, 2.45) is 5.10 Å². The summed E-state index contributed by atoms with van der Waals surface area (Å²) >= 11 is 0. The van der Waals surface area contributed by atoms with Crippen LogP contribution in [0, 0.1) is 13.8 Å². The van der Waals surface area contributed by atoms with E-state index < -0.39 is 5.97 Å². The number of rotatable bonds is 4. The molecule has 4 rings (SSSR count). The van der Waals surface area contributed by atoms with Crippen LogP contribution in [0.5, 0.6) is 0 Å². The minimum atomic E-state index is -0.999. The number of furan rings is 1. The van der Waals surface area contributed by atoms with Crippen LogP contribution in [-0.2, 0) is 4.79 Å². The molecule has 1 aliphatic rings. The molecule has 0 bridgehead atoms. The van der Waals surface area contributed by atoms with Crippen molar-refractivity contribution < 1.29 is 19.1 Å². The van der Waals surface area contributed by atoms with Crippen LogP contribution in [0.3, 0.4) is 0 Å². The Morgan fingerprint density at radius 3 is 2.57 bits per heavy atom. The van der Waals surface area contributed by atoms with E-state index in [2.05, 4.69) is 5.10 Å². The lowest BCUT2D eigenvalue weighted by molar-refractivity contribution is -0.114. The predicted molar refractivity (Wildman–Crippen MR) is 116 cm³/mol. The van der Waals surface area contributed by atoms with E-state index in [1.807, 2.05) is 32.0 Å². The highest BCUT2D eigenvalue weighted by molar-refractivity contribution is 6.32. The molecule has 0 atom stereocenters. The van der Waals surface area contributed by atoms with Crippen LogP contribution in [0.4, 0.5) is 5.69 Å². The molecule has 0 aliphatic carbocycles. The first kappa shape index (κ1) is 19.4. The number of anilines is 1. The molecule has 1 N–H and O–H groups in total. The van der Waals surface area contributed by atoms with E-state index in [1.54, 1.807) is 43.3 Å². The van der Waals surface area contributed by atoms with Crippen molar-refractivity contribution in [3.8, 4) is 11.3 Å². The van der Waals surface area contributed by atoms with E-state index in [9.17, 15) is 9.59 Å². The van der Waals surface area contributed by atoms with Gasteiger partial charge in [-0.1, -0.05) is 18.2 Å². The van der Waals surface area contributed by atoms with E-state index in [0.717, 1.165) is 16.8 Å². The van der Waals surface area contributed by atoms with E-state index in [-0.39, 0.29) is 11.5 Å². The summed E-state index contributed by atoms with van der Waals surface area (Å²) in [4.78, 5) is 24.1. The number of amides is 1. The second-order valence-corrected chi connectivity index (χ2v) is 7.22. The number of carboxylic acid groups (broad SMARTS) is 1. The maximum absolute atomic E-state index is 12.9. The molecular weight excluding hydrogens is 380 g/mol. The van der Waals surface area contributed by atoms with Crippen LogP contribution >= 0.6 is 0 Å². The molecule has 30 heavy (non-hydrogen) atoms. The van der Waals surface area contributed by atoms with Crippen molar-refractivity contribution in [3.63, 3.8) is 0 Å². The van der Waals surface area contributed by atoms with E-state index >= 15 is 0 Å². The van der Waals surface area contributed by atoms with Crippen molar-refractivity contribution in [3.05, 3.63) is 82.6 Å². The van der Waals surface area contributed by atoms with Gasteiger partial charge < -0.3 is 9.52 Å². The SMILES string of the molecule is CC1=NN(c2ccc(C)c(C)c2)C(=O)C1=Cc1ccc(-c2cccc(C(=O)O)c2)o1. The summed E-state index contributed by atoms with van der Waals surface area (Å²) in [6, 6.07) is 15.8. The zero-order chi connectivity index (χ0) is 21.4. The predicted octanol–water partition coefficient (Wildman–Crippen LogP) is 5.07. The van der Waals surface area contributed by atoms with Crippen molar-refractivity contribution >= 4 is 29.4 Å². The van der Waals surface area contributed by atoms with Crippen LogP contribution in [0.2, 0.25) is 0 Å². The molecule has 0 spiro atoms. The molecule has 1 aromatic heterocycles. The minimum Gasteiger partial charge on any atom is -0.478 e. The fraction of sp³-hybridized carbons (Fsp3) is 0.125. The monoisotopic (exact) mass is 400 g/mol. The average Bonchev–Trinajstić information content (AvgIpc) is 3.30. The van der Waals surface area contributed by atoms with Gasteiger partial charge in [0.25, 0.3) is 5.91 Å².